The van der Waals surface area contributed by atoms with Crippen LogP contribution in [0.4, 0.5) is 34.1 Å². The van der Waals surface area contributed by atoms with Gasteiger partial charge >= 0.3 is 0 Å². The van der Waals surface area contributed by atoms with E-state index in [4.69, 9.17) is 4.74 Å². The molecule has 4 nitrogen and oxygen atoms in total. The summed E-state index contributed by atoms with van der Waals surface area (Å²) in [6, 6.07) is 86.2. The first-order valence-corrected chi connectivity index (χ1v) is 23.8. The van der Waals surface area contributed by atoms with Gasteiger partial charge in [0, 0.05) is 66.7 Å². The van der Waals surface area contributed by atoms with E-state index in [2.05, 4.69) is 265 Å². The molecule has 0 amide bonds. The monoisotopic (exact) mass is 883 g/mol. The number of ether oxygens (including phenoxy) is 1. The molecule has 0 aliphatic carbocycles. The first kappa shape index (κ1) is 39.3. The maximum atomic E-state index is 7.44. The second kappa shape index (κ2) is 15.1. The highest BCUT2D eigenvalue weighted by Gasteiger charge is 2.40. The number of para-hydroxylation sites is 5. The summed E-state index contributed by atoms with van der Waals surface area (Å²) in [5.74, 6) is 1.83. The van der Waals surface area contributed by atoms with E-state index in [0.29, 0.717) is 0 Å². The minimum Gasteiger partial charge on any atom is -0.454 e. The first-order valence-electron chi connectivity index (χ1n) is 23.8. The van der Waals surface area contributed by atoms with Crippen LogP contribution in [0, 0.1) is 0 Å². The van der Waals surface area contributed by atoms with E-state index < -0.39 is 0 Å². The summed E-state index contributed by atoms with van der Waals surface area (Å²) in [4.78, 5) is 4.78. The number of anilines is 6. The van der Waals surface area contributed by atoms with Gasteiger partial charge in [-0.1, -0.05) is 172 Å². The molecule has 12 aromatic rings. The molecule has 2 aliphatic heterocycles. The van der Waals surface area contributed by atoms with Crippen LogP contribution in [0.1, 0.15) is 25.0 Å². The van der Waals surface area contributed by atoms with Gasteiger partial charge in [0.1, 0.15) is 5.75 Å². The molecule has 3 heterocycles. The van der Waals surface area contributed by atoms with Gasteiger partial charge in [-0.2, -0.15) is 0 Å². The zero-order valence-corrected chi connectivity index (χ0v) is 38.3. The van der Waals surface area contributed by atoms with Crippen molar-refractivity contribution in [2.24, 2.45) is 0 Å². The summed E-state index contributed by atoms with van der Waals surface area (Å²) in [5.41, 5.74) is 16.6. The van der Waals surface area contributed by atoms with E-state index >= 15 is 0 Å². The predicted octanol–water partition coefficient (Wildman–Crippen LogP) is 18.1. The molecule has 326 valence electrons. The molecule has 14 rings (SSSR count). The van der Waals surface area contributed by atoms with Crippen LogP contribution in [0.2, 0.25) is 0 Å². The summed E-state index contributed by atoms with van der Waals surface area (Å²) in [6.45, 7) is 4.69. The zero-order chi connectivity index (χ0) is 45.8. The Morgan fingerprint density at radius 1 is 0.406 bits per heavy atom. The lowest BCUT2D eigenvalue weighted by atomic mass is 9.74. The summed E-state index contributed by atoms with van der Waals surface area (Å²) in [5, 5.41) is 7.15. The van der Waals surface area contributed by atoms with Crippen molar-refractivity contribution in [3.05, 3.63) is 248 Å². The molecule has 4 heteroatoms. The Morgan fingerprint density at radius 3 is 1.83 bits per heavy atom. The lowest BCUT2D eigenvalue weighted by Gasteiger charge is -2.37. The van der Waals surface area contributed by atoms with Crippen LogP contribution < -0.4 is 14.5 Å². The topological polar surface area (TPSA) is 20.6 Å². The zero-order valence-electron chi connectivity index (χ0n) is 38.3. The standard InChI is InChI=1S/C65H45N3O/c1-65(2)55-26-16-28-59-63(55)69-64-56(65)39-38-53-49(36-37-54(62(53)64)61-50-24-13-12-17-42(50)31-40-58(61)68(59)46-22-10-5-11-23-46)43-29-32-47(33-30-43)66(44-18-6-3-7-19-44)48-34-35-52-51-25-14-15-27-57(51)67(60(52)41-48)45-20-8-4-9-21-45/h3-41H,1-2H3. The Labute approximate surface area is 401 Å². The van der Waals surface area contributed by atoms with Crippen LogP contribution in [0.25, 0.3) is 71.3 Å². The summed E-state index contributed by atoms with van der Waals surface area (Å²) >= 11 is 0. The van der Waals surface area contributed by atoms with E-state index in [9.17, 15) is 0 Å². The van der Waals surface area contributed by atoms with Crippen LogP contribution in [0.5, 0.6) is 11.5 Å². The molecule has 0 radical (unpaired) electrons. The number of hydrogen-bond donors (Lipinski definition) is 0. The minimum atomic E-state index is -0.331. The fraction of sp³-hybridized carbons (Fsp3) is 0.0462. The molecule has 1 aromatic heterocycles. The fourth-order valence-electron chi connectivity index (χ4n) is 11.5. The van der Waals surface area contributed by atoms with E-state index in [1.165, 1.54) is 43.8 Å². The Morgan fingerprint density at radius 2 is 1.03 bits per heavy atom. The van der Waals surface area contributed by atoms with Gasteiger partial charge in [-0.3, -0.25) is 0 Å². The smallest absolute Gasteiger partial charge is 0.155 e. The van der Waals surface area contributed by atoms with Gasteiger partial charge in [0.2, 0.25) is 0 Å². The first-order chi connectivity index (χ1) is 34.0. The molecule has 11 aromatic carbocycles. The number of nitrogens with zero attached hydrogens (tertiary/aromatic N) is 3. The van der Waals surface area contributed by atoms with Crippen LogP contribution in [0.15, 0.2) is 237 Å². The van der Waals surface area contributed by atoms with E-state index in [-0.39, 0.29) is 5.41 Å². The lowest BCUT2D eigenvalue weighted by molar-refractivity contribution is 0.424. The summed E-state index contributed by atoms with van der Waals surface area (Å²) in [7, 11) is 0. The van der Waals surface area contributed by atoms with Crippen LogP contribution >= 0.6 is 0 Å². The molecular formula is C65H45N3O. The molecule has 0 unspecified atom stereocenters. The highest BCUT2D eigenvalue weighted by molar-refractivity contribution is 6.17. The van der Waals surface area contributed by atoms with Crippen molar-refractivity contribution in [3.8, 4) is 39.4 Å². The van der Waals surface area contributed by atoms with E-state index in [0.717, 1.165) is 84.3 Å². The Kier molecular flexibility index (Phi) is 8.59. The third-order valence-electron chi connectivity index (χ3n) is 14.7. The Bertz CT molecular complexity index is 4010. The Hall–Kier alpha value is -8.86. The fourth-order valence-corrected chi connectivity index (χ4v) is 11.5. The molecule has 0 fully saturated rings. The SMILES string of the molecule is CC1(C)c2cccc3c2Oc2c1ccc1c(-c4ccc(N(c5ccccc5)c5ccc6c7ccccc7n(-c7ccccc7)c6c5)cc4)ccc(c21)-c1c(ccc2ccccc12)N3c1ccccc1. The maximum Gasteiger partial charge on any atom is 0.155 e. The molecule has 2 aliphatic rings. The third kappa shape index (κ3) is 5.88. The number of hydrogen-bond acceptors (Lipinski definition) is 3. The minimum absolute atomic E-state index is 0.331. The highest BCUT2D eigenvalue weighted by Crippen LogP contribution is 2.60. The van der Waals surface area contributed by atoms with Crippen molar-refractivity contribution in [2.75, 3.05) is 9.80 Å². The number of fused-ring (bicyclic) bond motifs is 7. The molecule has 69 heavy (non-hydrogen) atoms. The van der Waals surface area contributed by atoms with Gasteiger partial charge in [-0.15, -0.1) is 0 Å². The second-order valence-corrected chi connectivity index (χ2v) is 18.9. The molecule has 0 spiro atoms. The average molecular weight is 884 g/mol. The lowest BCUT2D eigenvalue weighted by Crippen LogP contribution is -2.25. The van der Waals surface area contributed by atoms with Crippen LogP contribution in [0.3, 0.4) is 0 Å². The van der Waals surface area contributed by atoms with E-state index in [1.54, 1.807) is 0 Å². The van der Waals surface area contributed by atoms with Crippen molar-refractivity contribution < 1.29 is 4.74 Å². The average Bonchev–Trinajstić information content (AvgIpc) is 3.75. The predicted molar refractivity (Wildman–Crippen MR) is 288 cm³/mol. The highest BCUT2D eigenvalue weighted by atomic mass is 16.5. The van der Waals surface area contributed by atoms with Crippen LogP contribution in [-0.2, 0) is 5.41 Å². The van der Waals surface area contributed by atoms with Gasteiger partial charge in [-0.25, -0.2) is 0 Å². The van der Waals surface area contributed by atoms with Gasteiger partial charge in [0.05, 0.1) is 22.4 Å². The van der Waals surface area contributed by atoms with Crippen molar-refractivity contribution in [3.63, 3.8) is 0 Å². The van der Waals surface area contributed by atoms with Crippen molar-refractivity contribution in [1.82, 2.24) is 4.57 Å². The summed E-state index contributed by atoms with van der Waals surface area (Å²) < 4.78 is 9.83. The number of rotatable bonds is 6. The van der Waals surface area contributed by atoms with Gasteiger partial charge < -0.3 is 19.1 Å². The molecule has 0 saturated heterocycles. The molecule has 2 bridgehead atoms. The van der Waals surface area contributed by atoms with Crippen LogP contribution in [-0.4, -0.2) is 4.57 Å². The number of benzene rings is 11. The van der Waals surface area contributed by atoms with Gasteiger partial charge in [-0.05, 0) is 112 Å². The van der Waals surface area contributed by atoms with Gasteiger partial charge in [0.25, 0.3) is 0 Å². The molecule has 0 atom stereocenters. The third-order valence-corrected chi connectivity index (χ3v) is 14.7. The number of aromatic nitrogens is 1. The maximum absolute atomic E-state index is 7.44. The van der Waals surface area contributed by atoms with Crippen molar-refractivity contribution in [2.45, 2.75) is 19.3 Å². The molecular weight excluding hydrogens is 839 g/mol. The van der Waals surface area contributed by atoms with Crippen molar-refractivity contribution >= 4 is 77.5 Å². The molecule has 0 saturated carbocycles. The second-order valence-electron chi connectivity index (χ2n) is 18.9. The molecule has 0 N–H and O–H groups in total. The van der Waals surface area contributed by atoms with Crippen molar-refractivity contribution in [1.29, 1.82) is 0 Å². The van der Waals surface area contributed by atoms with E-state index in [1.807, 2.05) is 0 Å². The Balaban J connectivity index is 0.973. The largest absolute Gasteiger partial charge is 0.454 e. The quantitative estimate of drug-likeness (QED) is 0.166. The summed E-state index contributed by atoms with van der Waals surface area (Å²) in [6.07, 6.45) is 0. The van der Waals surface area contributed by atoms with Gasteiger partial charge in [0.15, 0.2) is 5.75 Å². The normalized spacial score (nSPS) is 13.3.